The van der Waals surface area contributed by atoms with E-state index in [1.54, 1.807) is 0 Å². The minimum absolute atomic E-state index is 0.0940. The van der Waals surface area contributed by atoms with Gasteiger partial charge in [0.25, 0.3) is 0 Å². The Hall–Kier alpha value is -1.81. The van der Waals surface area contributed by atoms with Gasteiger partial charge in [-0.2, -0.15) is 5.26 Å². The van der Waals surface area contributed by atoms with E-state index in [0.717, 1.165) is 18.4 Å². The molecular formula is C18H21N. The number of benzene rings is 1. The van der Waals surface area contributed by atoms with Crippen molar-refractivity contribution in [1.29, 1.82) is 5.26 Å². The van der Waals surface area contributed by atoms with E-state index in [9.17, 15) is 0 Å². The van der Waals surface area contributed by atoms with Crippen LogP contribution in [0.15, 0.2) is 54.1 Å². The molecule has 0 fully saturated rings. The summed E-state index contributed by atoms with van der Waals surface area (Å²) < 4.78 is 0. The monoisotopic (exact) mass is 251 g/mol. The van der Waals surface area contributed by atoms with Crippen LogP contribution in [0.5, 0.6) is 0 Å². The SMILES string of the molecule is CCCCCC1(c2ccccc2)C=CC(C#N)=CC1. The molecular weight excluding hydrogens is 230 g/mol. The summed E-state index contributed by atoms with van der Waals surface area (Å²) in [4.78, 5) is 0. The van der Waals surface area contributed by atoms with Crippen LogP contribution in [-0.2, 0) is 5.41 Å². The maximum absolute atomic E-state index is 8.98. The molecule has 1 unspecified atom stereocenters. The van der Waals surface area contributed by atoms with E-state index in [-0.39, 0.29) is 5.41 Å². The quantitative estimate of drug-likeness (QED) is 0.682. The summed E-state index contributed by atoms with van der Waals surface area (Å²) >= 11 is 0. The predicted molar refractivity (Wildman–Crippen MR) is 79.7 cm³/mol. The summed E-state index contributed by atoms with van der Waals surface area (Å²) in [6.45, 7) is 2.24. The average Bonchev–Trinajstić information content (AvgIpc) is 2.49. The lowest BCUT2D eigenvalue weighted by atomic mass is 9.71. The van der Waals surface area contributed by atoms with Crippen LogP contribution in [-0.4, -0.2) is 0 Å². The van der Waals surface area contributed by atoms with Gasteiger partial charge in [0, 0.05) is 11.0 Å². The summed E-state index contributed by atoms with van der Waals surface area (Å²) in [5.41, 5.74) is 2.26. The number of rotatable bonds is 5. The fraction of sp³-hybridized carbons (Fsp3) is 0.389. The van der Waals surface area contributed by atoms with Crippen molar-refractivity contribution in [3.63, 3.8) is 0 Å². The highest BCUT2D eigenvalue weighted by Gasteiger charge is 2.29. The van der Waals surface area contributed by atoms with Gasteiger partial charge in [-0.25, -0.2) is 0 Å². The molecule has 0 bridgehead atoms. The van der Waals surface area contributed by atoms with E-state index in [0.29, 0.717) is 0 Å². The molecule has 2 rings (SSSR count). The molecule has 0 amide bonds. The molecule has 0 N–H and O–H groups in total. The van der Waals surface area contributed by atoms with E-state index >= 15 is 0 Å². The van der Waals surface area contributed by atoms with Crippen molar-refractivity contribution in [2.75, 3.05) is 0 Å². The van der Waals surface area contributed by atoms with E-state index in [2.05, 4.69) is 55.5 Å². The molecule has 0 radical (unpaired) electrons. The minimum atomic E-state index is 0.0940. The zero-order chi connectivity index (χ0) is 13.6. The number of unbranched alkanes of at least 4 members (excludes halogenated alkanes) is 2. The lowest BCUT2D eigenvalue weighted by Crippen LogP contribution is -2.24. The zero-order valence-corrected chi connectivity index (χ0v) is 11.6. The van der Waals surface area contributed by atoms with Crippen molar-refractivity contribution in [2.45, 2.75) is 44.4 Å². The Bertz CT molecular complexity index is 504. The molecule has 1 heteroatoms. The maximum Gasteiger partial charge on any atom is 0.0988 e. The molecule has 1 nitrogen and oxygen atoms in total. The number of hydrogen-bond donors (Lipinski definition) is 0. The molecule has 19 heavy (non-hydrogen) atoms. The first kappa shape index (κ1) is 13.6. The van der Waals surface area contributed by atoms with Crippen molar-refractivity contribution < 1.29 is 0 Å². The lowest BCUT2D eigenvalue weighted by Gasteiger charge is -2.32. The lowest BCUT2D eigenvalue weighted by molar-refractivity contribution is 0.460. The average molecular weight is 251 g/mol. The second-order valence-corrected chi connectivity index (χ2v) is 5.29. The van der Waals surface area contributed by atoms with Crippen LogP contribution in [0.1, 0.15) is 44.6 Å². The van der Waals surface area contributed by atoms with Crippen LogP contribution in [0.25, 0.3) is 0 Å². The molecule has 0 spiro atoms. The van der Waals surface area contributed by atoms with Crippen LogP contribution in [0, 0.1) is 11.3 Å². The summed E-state index contributed by atoms with van der Waals surface area (Å²) in [7, 11) is 0. The van der Waals surface area contributed by atoms with Gasteiger partial charge >= 0.3 is 0 Å². The molecule has 0 aromatic heterocycles. The van der Waals surface area contributed by atoms with Crippen LogP contribution >= 0.6 is 0 Å². The third-order valence-electron chi connectivity index (χ3n) is 3.97. The highest BCUT2D eigenvalue weighted by atomic mass is 14.3. The van der Waals surface area contributed by atoms with Gasteiger partial charge in [-0.3, -0.25) is 0 Å². The largest absolute Gasteiger partial charge is 0.192 e. The third kappa shape index (κ3) is 3.15. The maximum atomic E-state index is 8.98. The normalized spacial score (nSPS) is 21.8. The molecule has 0 saturated carbocycles. The Morgan fingerprint density at radius 2 is 2.00 bits per heavy atom. The van der Waals surface area contributed by atoms with Crippen molar-refractivity contribution in [3.05, 3.63) is 59.7 Å². The van der Waals surface area contributed by atoms with Crippen molar-refractivity contribution >= 4 is 0 Å². The van der Waals surface area contributed by atoms with Gasteiger partial charge in [0.15, 0.2) is 0 Å². The zero-order valence-electron chi connectivity index (χ0n) is 11.6. The minimum Gasteiger partial charge on any atom is -0.192 e. The molecule has 98 valence electrons. The Balaban J connectivity index is 2.24. The first-order valence-electron chi connectivity index (χ1n) is 7.16. The molecule has 1 aliphatic carbocycles. The first-order chi connectivity index (χ1) is 9.30. The van der Waals surface area contributed by atoms with E-state index in [1.165, 1.54) is 24.8 Å². The third-order valence-corrected chi connectivity index (χ3v) is 3.97. The Labute approximate surface area is 116 Å². The Kier molecular flexibility index (Phi) is 4.58. The van der Waals surface area contributed by atoms with Gasteiger partial charge in [-0.1, -0.05) is 68.7 Å². The fourth-order valence-electron chi connectivity index (χ4n) is 2.76. The van der Waals surface area contributed by atoms with Crippen molar-refractivity contribution in [1.82, 2.24) is 0 Å². The summed E-state index contributed by atoms with van der Waals surface area (Å²) in [6.07, 6.45) is 12.2. The molecule has 0 heterocycles. The molecule has 1 atom stereocenters. The van der Waals surface area contributed by atoms with Gasteiger partial charge in [-0.05, 0) is 24.5 Å². The topological polar surface area (TPSA) is 23.8 Å². The van der Waals surface area contributed by atoms with E-state index < -0.39 is 0 Å². The first-order valence-corrected chi connectivity index (χ1v) is 7.16. The number of allylic oxidation sites excluding steroid dienone is 4. The standard InChI is InChI=1S/C18H21N/c1-2-3-7-12-18(17-8-5-4-6-9-17)13-10-16(15-19)11-14-18/h4-6,8-11,13H,2-3,7,12,14H2,1H3. The number of hydrogen-bond acceptors (Lipinski definition) is 1. The second kappa shape index (κ2) is 6.38. The van der Waals surface area contributed by atoms with Crippen LogP contribution in [0.4, 0.5) is 0 Å². The van der Waals surface area contributed by atoms with Crippen LogP contribution in [0.3, 0.4) is 0 Å². The van der Waals surface area contributed by atoms with Crippen LogP contribution < -0.4 is 0 Å². The van der Waals surface area contributed by atoms with Gasteiger partial charge in [0.05, 0.1) is 6.07 Å². The molecule has 1 aliphatic rings. The van der Waals surface area contributed by atoms with E-state index in [4.69, 9.17) is 5.26 Å². The summed E-state index contributed by atoms with van der Waals surface area (Å²) in [5.74, 6) is 0. The summed E-state index contributed by atoms with van der Waals surface area (Å²) in [6, 6.07) is 12.9. The van der Waals surface area contributed by atoms with Crippen molar-refractivity contribution in [3.8, 4) is 6.07 Å². The van der Waals surface area contributed by atoms with Crippen molar-refractivity contribution in [2.24, 2.45) is 0 Å². The summed E-state index contributed by atoms with van der Waals surface area (Å²) in [5, 5.41) is 8.98. The molecule has 0 saturated heterocycles. The highest BCUT2D eigenvalue weighted by Crippen LogP contribution is 2.38. The smallest absolute Gasteiger partial charge is 0.0988 e. The van der Waals surface area contributed by atoms with E-state index in [1.807, 2.05) is 6.08 Å². The molecule has 0 aliphatic heterocycles. The Morgan fingerprint density at radius 3 is 2.58 bits per heavy atom. The Morgan fingerprint density at radius 1 is 1.21 bits per heavy atom. The fourth-order valence-corrected chi connectivity index (χ4v) is 2.76. The van der Waals surface area contributed by atoms with Crippen LogP contribution in [0.2, 0.25) is 0 Å². The predicted octanol–water partition coefficient (Wildman–Crippen LogP) is 4.91. The van der Waals surface area contributed by atoms with Gasteiger partial charge in [0.2, 0.25) is 0 Å². The molecule has 1 aromatic rings. The van der Waals surface area contributed by atoms with Gasteiger partial charge in [0.1, 0.15) is 0 Å². The highest BCUT2D eigenvalue weighted by molar-refractivity contribution is 5.43. The molecule has 1 aromatic carbocycles. The number of nitriles is 1. The number of nitrogens with zero attached hydrogens (tertiary/aromatic N) is 1. The second-order valence-electron chi connectivity index (χ2n) is 5.29. The van der Waals surface area contributed by atoms with Gasteiger partial charge in [-0.15, -0.1) is 0 Å². The van der Waals surface area contributed by atoms with Gasteiger partial charge < -0.3 is 0 Å².